The predicted octanol–water partition coefficient (Wildman–Crippen LogP) is 7.74. The molecule has 2 aromatic carbocycles. The quantitative estimate of drug-likeness (QED) is 0.214. The van der Waals surface area contributed by atoms with Crippen LogP contribution >= 0.6 is 11.3 Å². The summed E-state index contributed by atoms with van der Waals surface area (Å²) in [6, 6.07) is 14.3. The molecule has 180 valence electrons. The van der Waals surface area contributed by atoms with Crippen LogP contribution in [0, 0.1) is 0 Å². The van der Waals surface area contributed by atoms with Crippen molar-refractivity contribution in [3.8, 4) is 17.2 Å². The van der Waals surface area contributed by atoms with Crippen molar-refractivity contribution in [2.75, 3.05) is 21.3 Å². The molecule has 34 heavy (non-hydrogen) atoms. The molecule has 0 aliphatic carbocycles. The second kappa shape index (κ2) is 13.0. The number of hydrogen-bond donors (Lipinski definition) is 1. The van der Waals surface area contributed by atoms with Crippen LogP contribution in [0.3, 0.4) is 0 Å². The molecule has 0 bridgehead atoms. The van der Waals surface area contributed by atoms with Gasteiger partial charge in [0.15, 0.2) is 11.5 Å². The van der Waals surface area contributed by atoms with Gasteiger partial charge in [-0.2, -0.15) is 0 Å². The molecule has 4 nitrogen and oxygen atoms in total. The third-order valence-electron chi connectivity index (χ3n) is 5.60. The van der Waals surface area contributed by atoms with Gasteiger partial charge in [0.1, 0.15) is 0 Å². The minimum absolute atomic E-state index is 0.412. The van der Waals surface area contributed by atoms with Crippen LogP contribution in [0.15, 0.2) is 72.3 Å². The number of aliphatic hydroxyl groups excluding tert-OH is 1. The van der Waals surface area contributed by atoms with Crippen LogP contribution in [0.5, 0.6) is 17.2 Å². The lowest BCUT2D eigenvalue weighted by Gasteiger charge is -2.12. The summed E-state index contributed by atoms with van der Waals surface area (Å²) < 4.78 is 17.4. The van der Waals surface area contributed by atoms with Crippen molar-refractivity contribution < 1.29 is 19.3 Å². The van der Waals surface area contributed by atoms with Gasteiger partial charge in [-0.1, -0.05) is 54.2 Å². The summed E-state index contributed by atoms with van der Waals surface area (Å²) in [4.78, 5) is 1.04. The molecular weight excluding hydrogens is 444 g/mol. The van der Waals surface area contributed by atoms with Crippen LogP contribution in [0.4, 0.5) is 0 Å². The summed E-state index contributed by atoms with van der Waals surface area (Å²) in [5.41, 5.74) is 2.27. The second-order valence-corrected chi connectivity index (χ2v) is 9.24. The van der Waals surface area contributed by atoms with Crippen molar-refractivity contribution in [2.45, 2.75) is 38.7 Å². The van der Waals surface area contributed by atoms with E-state index < -0.39 is 6.10 Å². The molecule has 0 aliphatic rings. The van der Waals surface area contributed by atoms with Crippen LogP contribution in [-0.4, -0.2) is 26.4 Å². The number of benzene rings is 2. The number of fused-ring (bicyclic) bond motifs is 1. The Morgan fingerprint density at radius 3 is 2.35 bits per heavy atom. The summed E-state index contributed by atoms with van der Waals surface area (Å²) in [7, 11) is 4.84. The SMILES string of the molecule is COc1cc(C=CCCC=CC=C(C)CCC(O)c2cc3ccccc3s2)cc(OC)c1OC. The Balaban J connectivity index is 1.43. The van der Waals surface area contributed by atoms with Gasteiger partial charge in [0.2, 0.25) is 5.75 Å². The predicted molar refractivity (Wildman–Crippen MR) is 143 cm³/mol. The Hall–Kier alpha value is -3.02. The van der Waals surface area contributed by atoms with Crippen LogP contribution in [-0.2, 0) is 0 Å². The van der Waals surface area contributed by atoms with E-state index in [-0.39, 0.29) is 0 Å². The Labute approximate surface area is 206 Å². The third-order valence-corrected chi connectivity index (χ3v) is 6.82. The first-order valence-electron chi connectivity index (χ1n) is 11.5. The second-order valence-electron chi connectivity index (χ2n) is 8.12. The maximum atomic E-state index is 10.6. The highest BCUT2D eigenvalue weighted by molar-refractivity contribution is 7.19. The van der Waals surface area contributed by atoms with Crippen molar-refractivity contribution in [2.24, 2.45) is 0 Å². The summed E-state index contributed by atoms with van der Waals surface area (Å²) in [6.45, 7) is 2.12. The van der Waals surface area contributed by atoms with Gasteiger partial charge in [0.05, 0.1) is 27.4 Å². The van der Waals surface area contributed by atoms with Crippen LogP contribution < -0.4 is 14.2 Å². The highest BCUT2D eigenvalue weighted by Gasteiger charge is 2.12. The molecule has 0 amide bonds. The molecule has 1 heterocycles. The molecule has 0 fully saturated rings. The van der Waals surface area contributed by atoms with E-state index in [2.05, 4.69) is 55.5 Å². The zero-order valence-corrected chi connectivity index (χ0v) is 21.2. The normalized spacial score (nSPS) is 13.1. The molecule has 1 atom stereocenters. The largest absolute Gasteiger partial charge is 0.493 e. The molecular formula is C29H34O4S. The summed E-state index contributed by atoms with van der Waals surface area (Å²) >= 11 is 1.68. The standard InChI is InChI=1S/C29H34O4S/c1-21(16-17-24(30)28-20-23-14-10-11-15-27(23)34-28)12-8-6-5-7-9-13-22-18-25(31-2)29(33-4)26(19-22)32-3/h6,8-15,18-20,24,30H,5,7,16-17H2,1-4H3. The van der Waals surface area contributed by atoms with Crippen molar-refractivity contribution in [3.05, 3.63) is 82.8 Å². The van der Waals surface area contributed by atoms with Crippen molar-refractivity contribution in [1.82, 2.24) is 0 Å². The first-order chi connectivity index (χ1) is 16.5. The zero-order chi connectivity index (χ0) is 24.3. The van der Waals surface area contributed by atoms with E-state index in [0.29, 0.717) is 17.2 Å². The Kier molecular flexibility index (Phi) is 9.80. The van der Waals surface area contributed by atoms with Gasteiger partial charge in [-0.15, -0.1) is 11.3 Å². The minimum atomic E-state index is -0.412. The molecule has 1 N–H and O–H groups in total. The monoisotopic (exact) mass is 478 g/mol. The van der Waals surface area contributed by atoms with Gasteiger partial charge < -0.3 is 19.3 Å². The number of aliphatic hydroxyl groups is 1. The number of unbranched alkanes of at least 4 members (excludes halogenated alkanes) is 1. The van der Waals surface area contributed by atoms with Gasteiger partial charge in [0.25, 0.3) is 0 Å². The van der Waals surface area contributed by atoms with E-state index >= 15 is 0 Å². The highest BCUT2D eigenvalue weighted by Crippen LogP contribution is 2.38. The van der Waals surface area contributed by atoms with Gasteiger partial charge >= 0.3 is 0 Å². The number of thiophene rings is 1. The van der Waals surface area contributed by atoms with E-state index in [0.717, 1.165) is 36.1 Å². The lowest BCUT2D eigenvalue weighted by molar-refractivity contribution is 0.171. The van der Waals surface area contributed by atoms with Gasteiger partial charge in [-0.05, 0) is 67.8 Å². The molecule has 0 spiro atoms. The van der Waals surface area contributed by atoms with Gasteiger partial charge in [0, 0.05) is 9.58 Å². The molecule has 1 unspecified atom stereocenters. The fraction of sp³-hybridized carbons (Fsp3) is 0.310. The molecule has 3 aromatic rings. The zero-order valence-electron chi connectivity index (χ0n) is 20.4. The van der Waals surface area contributed by atoms with E-state index in [9.17, 15) is 5.11 Å². The molecule has 0 radical (unpaired) electrons. The highest BCUT2D eigenvalue weighted by atomic mass is 32.1. The fourth-order valence-corrected chi connectivity index (χ4v) is 4.78. The van der Waals surface area contributed by atoms with Gasteiger partial charge in [-0.3, -0.25) is 0 Å². The molecule has 0 saturated heterocycles. The average molecular weight is 479 g/mol. The van der Waals surface area contributed by atoms with Gasteiger partial charge in [-0.25, -0.2) is 0 Å². The van der Waals surface area contributed by atoms with Crippen LogP contribution in [0.1, 0.15) is 49.2 Å². The third kappa shape index (κ3) is 6.99. The van der Waals surface area contributed by atoms with Crippen molar-refractivity contribution >= 4 is 27.5 Å². The Bertz CT molecular complexity index is 1100. The van der Waals surface area contributed by atoms with Crippen LogP contribution in [0.2, 0.25) is 0 Å². The number of hydrogen-bond acceptors (Lipinski definition) is 5. The lowest BCUT2D eigenvalue weighted by atomic mass is 10.1. The first-order valence-corrected chi connectivity index (χ1v) is 12.3. The molecule has 0 aliphatic heterocycles. The maximum Gasteiger partial charge on any atom is 0.203 e. The molecule has 0 saturated carbocycles. The Morgan fingerprint density at radius 1 is 0.971 bits per heavy atom. The number of ether oxygens (including phenoxy) is 3. The smallest absolute Gasteiger partial charge is 0.203 e. The minimum Gasteiger partial charge on any atom is -0.493 e. The van der Waals surface area contributed by atoms with Crippen LogP contribution in [0.25, 0.3) is 16.2 Å². The number of methoxy groups -OCH3 is 3. The molecule has 3 rings (SSSR count). The number of allylic oxidation sites excluding steroid dienone is 5. The summed E-state index contributed by atoms with van der Waals surface area (Å²) in [5, 5.41) is 11.8. The number of rotatable bonds is 12. The van der Waals surface area contributed by atoms with Crippen molar-refractivity contribution in [1.29, 1.82) is 0 Å². The first kappa shape index (κ1) is 25.6. The molecule has 5 heteroatoms. The van der Waals surface area contributed by atoms with E-state index in [4.69, 9.17) is 14.2 Å². The van der Waals surface area contributed by atoms with E-state index in [1.165, 1.54) is 15.7 Å². The van der Waals surface area contributed by atoms with Crippen molar-refractivity contribution in [3.63, 3.8) is 0 Å². The summed E-state index contributed by atoms with van der Waals surface area (Å²) in [6.07, 6.45) is 13.7. The fourth-order valence-electron chi connectivity index (χ4n) is 3.69. The summed E-state index contributed by atoms with van der Waals surface area (Å²) in [5.74, 6) is 1.91. The average Bonchev–Trinajstić information content (AvgIpc) is 3.30. The topological polar surface area (TPSA) is 47.9 Å². The maximum absolute atomic E-state index is 10.6. The van der Waals surface area contributed by atoms with E-state index in [1.54, 1.807) is 32.7 Å². The Morgan fingerprint density at radius 2 is 1.68 bits per heavy atom. The lowest BCUT2D eigenvalue weighted by Crippen LogP contribution is -1.95. The molecule has 1 aromatic heterocycles. The van der Waals surface area contributed by atoms with E-state index in [1.807, 2.05) is 24.3 Å².